The molecule has 2 aromatic rings. The smallest absolute Gasteiger partial charge is 0.251 e. The Balaban J connectivity index is 1.76. The number of hydrogen-bond donors (Lipinski definition) is 3. The summed E-state index contributed by atoms with van der Waals surface area (Å²) in [4.78, 5) is 16.4. The zero-order valence-electron chi connectivity index (χ0n) is 17.6. The summed E-state index contributed by atoms with van der Waals surface area (Å²) in [6.07, 6.45) is 1.66. The molecule has 6 nitrogen and oxygen atoms in total. The lowest BCUT2D eigenvalue weighted by Crippen LogP contribution is -2.38. The Morgan fingerprint density at radius 1 is 1.10 bits per heavy atom. The number of aliphatic imine (C=N–C) groups is 1. The van der Waals surface area contributed by atoms with Crippen LogP contribution in [0, 0.1) is 6.92 Å². The fraction of sp³-hybridized carbons (Fsp3) is 0.391. The highest BCUT2D eigenvalue weighted by atomic mass is 16.5. The first-order valence-electron chi connectivity index (χ1n) is 10.2. The van der Waals surface area contributed by atoms with Crippen LogP contribution in [-0.2, 0) is 6.42 Å². The van der Waals surface area contributed by atoms with Crippen molar-refractivity contribution in [3.05, 3.63) is 65.2 Å². The lowest BCUT2D eigenvalue weighted by atomic mass is 10.1. The number of para-hydroxylation sites is 1. The van der Waals surface area contributed by atoms with Gasteiger partial charge >= 0.3 is 0 Å². The molecule has 2 aromatic carbocycles. The number of amides is 1. The fourth-order valence-corrected chi connectivity index (χ4v) is 2.84. The maximum atomic E-state index is 11.7. The number of nitrogens with one attached hydrogen (secondary N) is 3. The van der Waals surface area contributed by atoms with Gasteiger partial charge in [-0.2, -0.15) is 0 Å². The zero-order chi connectivity index (χ0) is 20.9. The van der Waals surface area contributed by atoms with Crippen LogP contribution in [0.25, 0.3) is 0 Å². The molecule has 0 radical (unpaired) electrons. The van der Waals surface area contributed by atoms with Gasteiger partial charge in [0.25, 0.3) is 5.91 Å². The van der Waals surface area contributed by atoms with E-state index in [1.54, 1.807) is 7.05 Å². The Kier molecular flexibility index (Phi) is 9.55. The van der Waals surface area contributed by atoms with Crippen LogP contribution in [0.2, 0.25) is 0 Å². The Hall–Kier alpha value is -3.02. The van der Waals surface area contributed by atoms with E-state index in [9.17, 15) is 4.79 Å². The summed E-state index contributed by atoms with van der Waals surface area (Å²) >= 11 is 0. The quantitative estimate of drug-likeness (QED) is 0.328. The normalized spacial score (nSPS) is 11.1. The predicted molar refractivity (Wildman–Crippen MR) is 119 cm³/mol. The van der Waals surface area contributed by atoms with Gasteiger partial charge in [-0.25, -0.2) is 0 Å². The van der Waals surface area contributed by atoms with Crippen LogP contribution in [0.3, 0.4) is 0 Å². The second-order valence-corrected chi connectivity index (χ2v) is 6.68. The second kappa shape index (κ2) is 12.4. The summed E-state index contributed by atoms with van der Waals surface area (Å²) in [6, 6.07) is 15.7. The molecule has 0 fully saturated rings. The molecule has 156 valence electrons. The van der Waals surface area contributed by atoms with Gasteiger partial charge in [0, 0.05) is 38.7 Å². The van der Waals surface area contributed by atoms with Gasteiger partial charge < -0.3 is 20.7 Å². The summed E-state index contributed by atoms with van der Waals surface area (Å²) in [6.45, 7) is 6.96. The highest BCUT2D eigenvalue weighted by Gasteiger charge is 2.04. The molecule has 2 rings (SSSR count). The van der Waals surface area contributed by atoms with Gasteiger partial charge in [-0.05, 0) is 49.6 Å². The molecule has 0 aliphatic heterocycles. The molecule has 0 saturated heterocycles. The van der Waals surface area contributed by atoms with E-state index in [1.807, 2.05) is 62.4 Å². The van der Waals surface area contributed by atoms with E-state index in [2.05, 4.69) is 20.9 Å². The van der Waals surface area contributed by atoms with E-state index in [0.29, 0.717) is 18.7 Å². The minimum Gasteiger partial charge on any atom is -0.493 e. The number of hydrogen-bond acceptors (Lipinski definition) is 3. The van der Waals surface area contributed by atoms with Crippen molar-refractivity contribution in [3.8, 4) is 5.75 Å². The van der Waals surface area contributed by atoms with Crippen molar-refractivity contribution in [2.24, 2.45) is 4.99 Å². The molecule has 6 heteroatoms. The first kappa shape index (κ1) is 22.3. The van der Waals surface area contributed by atoms with Crippen molar-refractivity contribution in [1.29, 1.82) is 0 Å². The highest BCUT2D eigenvalue weighted by Crippen LogP contribution is 2.16. The Morgan fingerprint density at radius 2 is 1.93 bits per heavy atom. The van der Waals surface area contributed by atoms with Crippen LogP contribution >= 0.6 is 0 Å². The second-order valence-electron chi connectivity index (χ2n) is 6.68. The van der Waals surface area contributed by atoms with E-state index in [0.717, 1.165) is 48.8 Å². The van der Waals surface area contributed by atoms with Crippen LogP contribution in [0.1, 0.15) is 34.8 Å². The first-order chi connectivity index (χ1) is 14.1. The summed E-state index contributed by atoms with van der Waals surface area (Å²) in [5.41, 5.74) is 2.94. The van der Waals surface area contributed by atoms with Crippen molar-refractivity contribution in [1.82, 2.24) is 16.0 Å². The molecule has 0 spiro atoms. The number of carbonyl (C=O) groups excluding carboxylic acids is 1. The maximum Gasteiger partial charge on any atom is 0.251 e. The average molecular weight is 397 g/mol. The van der Waals surface area contributed by atoms with Crippen LogP contribution in [0.4, 0.5) is 0 Å². The Labute approximate surface area is 173 Å². The van der Waals surface area contributed by atoms with E-state index in [1.165, 1.54) is 0 Å². The molecule has 0 heterocycles. The molecule has 3 N–H and O–H groups in total. The van der Waals surface area contributed by atoms with Crippen molar-refractivity contribution in [3.63, 3.8) is 0 Å². The zero-order valence-corrected chi connectivity index (χ0v) is 17.6. The third-order valence-electron chi connectivity index (χ3n) is 4.39. The summed E-state index contributed by atoms with van der Waals surface area (Å²) in [5.74, 6) is 1.66. The Morgan fingerprint density at radius 3 is 2.69 bits per heavy atom. The predicted octanol–water partition coefficient (Wildman–Crippen LogP) is 2.92. The van der Waals surface area contributed by atoms with Crippen LogP contribution in [0.5, 0.6) is 5.75 Å². The molecule has 0 aromatic heterocycles. The largest absolute Gasteiger partial charge is 0.493 e. The van der Waals surface area contributed by atoms with E-state index in [4.69, 9.17) is 4.74 Å². The third-order valence-corrected chi connectivity index (χ3v) is 4.39. The first-order valence-corrected chi connectivity index (χ1v) is 10.2. The molecule has 29 heavy (non-hydrogen) atoms. The van der Waals surface area contributed by atoms with Crippen molar-refractivity contribution in [2.75, 3.05) is 33.3 Å². The molecule has 0 aliphatic carbocycles. The summed E-state index contributed by atoms with van der Waals surface area (Å²) < 4.78 is 5.81. The molecule has 0 atom stereocenters. The fourth-order valence-electron chi connectivity index (χ4n) is 2.84. The van der Waals surface area contributed by atoms with Gasteiger partial charge in [-0.3, -0.25) is 9.79 Å². The molecule has 1 amide bonds. The molecular weight excluding hydrogens is 364 g/mol. The van der Waals surface area contributed by atoms with Crippen molar-refractivity contribution < 1.29 is 9.53 Å². The van der Waals surface area contributed by atoms with Crippen molar-refractivity contribution in [2.45, 2.75) is 26.7 Å². The lowest BCUT2D eigenvalue weighted by Gasteiger charge is -2.12. The lowest BCUT2D eigenvalue weighted by molar-refractivity contribution is 0.0963. The van der Waals surface area contributed by atoms with Gasteiger partial charge in [0.1, 0.15) is 5.75 Å². The van der Waals surface area contributed by atoms with E-state index in [-0.39, 0.29) is 5.91 Å². The third kappa shape index (κ3) is 7.86. The molecule has 0 unspecified atom stereocenters. The minimum absolute atomic E-state index is 0.0670. The summed E-state index contributed by atoms with van der Waals surface area (Å²) in [5, 5.41) is 9.26. The number of aryl methyl sites for hydroxylation is 1. The SMILES string of the molecule is CCNC(=NCCCOc1ccccc1C)NCCc1cccc(C(=O)NC)c1. The van der Waals surface area contributed by atoms with Crippen LogP contribution in [-0.4, -0.2) is 45.2 Å². The van der Waals surface area contributed by atoms with Gasteiger partial charge in [0.15, 0.2) is 5.96 Å². The number of benzene rings is 2. The highest BCUT2D eigenvalue weighted by molar-refractivity contribution is 5.94. The molecule has 0 aliphatic rings. The van der Waals surface area contributed by atoms with Gasteiger partial charge in [0.05, 0.1) is 6.61 Å². The number of ether oxygens (including phenoxy) is 1. The molecule has 0 bridgehead atoms. The molecule has 0 saturated carbocycles. The number of carbonyl (C=O) groups is 1. The van der Waals surface area contributed by atoms with Gasteiger partial charge in [-0.15, -0.1) is 0 Å². The standard InChI is InChI=1S/C23H32N4O2/c1-4-25-23(26-14-8-16-29-21-12-6-5-9-18(21)2)27-15-13-19-10-7-11-20(17-19)22(28)24-3/h5-7,9-12,17H,4,8,13-16H2,1-3H3,(H,24,28)(H2,25,26,27). The van der Waals surface area contributed by atoms with Crippen molar-refractivity contribution >= 4 is 11.9 Å². The van der Waals surface area contributed by atoms with Gasteiger partial charge in [0.2, 0.25) is 0 Å². The maximum absolute atomic E-state index is 11.7. The monoisotopic (exact) mass is 396 g/mol. The number of guanidine groups is 1. The molecular formula is C23H32N4O2. The summed E-state index contributed by atoms with van der Waals surface area (Å²) in [7, 11) is 1.64. The van der Waals surface area contributed by atoms with Crippen LogP contribution in [0.15, 0.2) is 53.5 Å². The average Bonchev–Trinajstić information content (AvgIpc) is 2.74. The topological polar surface area (TPSA) is 74.8 Å². The Bertz CT molecular complexity index is 805. The number of rotatable bonds is 10. The van der Waals surface area contributed by atoms with Crippen LogP contribution < -0.4 is 20.7 Å². The van der Waals surface area contributed by atoms with Gasteiger partial charge in [-0.1, -0.05) is 30.3 Å². The van der Waals surface area contributed by atoms with E-state index < -0.39 is 0 Å². The van der Waals surface area contributed by atoms with E-state index >= 15 is 0 Å². The minimum atomic E-state index is -0.0670. The number of nitrogens with zero attached hydrogens (tertiary/aromatic N) is 1.